The third-order valence-corrected chi connectivity index (χ3v) is 4.04. The molecule has 0 bridgehead atoms. The summed E-state index contributed by atoms with van der Waals surface area (Å²) in [5, 5.41) is 6.08. The third kappa shape index (κ3) is 4.88. The SMILES string of the molecule is CC(C)(C)c1ccccc1Nc1cnc(C(=O)NCc2ccccn2)cn1. The van der Waals surface area contributed by atoms with Crippen LogP contribution in [0, 0.1) is 0 Å². The molecule has 2 N–H and O–H groups in total. The minimum Gasteiger partial charge on any atom is -0.345 e. The van der Waals surface area contributed by atoms with Gasteiger partial charge in [-0.05, 0) is 29.2 Å². The average molecular weight is 361 g/mol. The van der Waals surface area contributed by atoms with Gasteiger partial charge in [-0.15, -0.1) is 0 Å². The lowest BCUT2D eigenvalue weighted by Crippen LogP contribution is -2.24. The molecule has 27 heavy (non-hydrogen) atoms. The van der Waals surface area contributed by atoms with Crippen molar-refractivity contribution in [3.8, 4) is 0 Å². The summed E-state index contributed by atoms with van der Waals surface area (Å²) < 4.78 is 0. The summed E-state index contributed by atoms with van der Waals surface area (Å²) in [7, 11) is 0. The Kier molecular flexibility index (Phi) is 5.45. The van der Waals surface area contributed by atoms with Crippen LogP contribution in [-0.4, -0.2) is 20.9 Å². The molecule has 0 saturated heterocycles. The molecule has 138 valence electrons. The number of carbonyl (C=O) groups is 1. The van der Waals surface area contributed by atoms with E-state index in [0.29, 0.717) is 12.4 Å². The fourth-order valence-corrected chi connectivity index (χ4v) is 2.66. The highest BCUT2D eigenvalue weighted by Crippen LogP contribution is 2.30. The predicted molar refractivity (Wildman–Crippen MR) is 106 cm³/mol. The summed E-state index contributed by atoms with van der Waals surface area (Å²) in [5.74, 6) is 0.308. The molecular formula is C21H23N5O. The zero-order valence-electron chi connectivity index (χ0n) is 15.7. The van der Waals surface area contributed by atoms with Crippen molar-refractivity contribution in [3.63, 3.8) is 0 Å². The fraction of sp³-hybridized carbons (Fsp3) is 0.238. The van der Waals surface area contributed by atoms with E-state index in [-0.39, 0.29) is 17.0 Å². The zero-order chi connectivity index (χ0) is 19.3. The van der Waals surface area contributed by atoms with E-state index in [1.54, 1.807) is 12.4 Å². The van der Waals surface area contributed by atoms with Crippen molar-refractivity contribution in [1.82, 2.24) is 20.3 Å². The van der Waals surface area contributed by atoms with E-state index >= 15 is 0 Å². The Morgan fingerprint density at radius 1 is 0.963 bits per heavy atom. The number of para-hydroxylation sites is 1. The van der Waals surface area contributed by atoms with Crippen LogP contribution in [0.15, 0.2) is 61.1 Å². The fourth-order valence-electron chi connectivity index (χ4n) is 2.66. The highest BCUT2D eigenvalue weighted by atomic mass is 16.1. The van der Waals surface area contributed by atoms with E-state index < -0.39 is 0 Å². The topological polar surface area (TPSA) is 79.8 Å². The van der Waals surface area contributed by atoms with Gasteiger partial charge in [-0.3, -0.25) is 9.78 Å². The monoisotopic (exact) mass is 361 g/mol. The average Bonchev–Trinajstić information content (AvgIpc) is 2.67. The van der Waals surface area contributed by atoms with Crippen molar-refractivity contribution in [2.24, 2.45) is 0 Å². The molecule has 0 atom stereocenters. The van der Waals surface area contributed by atoms with E-state index in [4.69, 9.17) is 0 Å². The number of carbonyl (C=O) groups excluding carboxylic acids is 1. The Labute approximate surface area is 159 Å². The van der Waals surface area contributed by atoms with Crippen LogP contribution < -0.4 is 10.6 Å². The van der Waals surface area contributed by atoms with E-state index in [1.165, 1.54) is 11.8 Å². The van der Waals surface area contributed by atoms with Crippen LogP contribution in [0.2, 0.25) is 0 Å². The second-order valence-electron chi connectivity index (χ2n) is 7.21. The van der Waals surface area contributed by atoms with Crippen molar-refractivity contribution in [3.05, 3.63) is 78.0 Å². The van der Waals surface area contributed by atoms with Crippen LogP contribution in [0.1, 0.15) is 42.5 Å². The number of nitrogens with one attached hydrogen (secondary N) is 2. The first-order valence-corrected chi connectivity index (χ1v) is 8.80. The largest absolute Gasteiger partial charge is 0.345 e. The maximum Gasteiger partial charge on any atom is 0.271 e. The van der Waals surface area contributed by atoms with Crippen molar-refractivity contribution in [1.29, 1.82) is 0 Å². The lowest BCUT2D eigenvalue weighted by molar-refractivity contribution is 0.0945. The number of nitrogens with zero attached hydrogens (tertiary/aromatic N) is 3. The van der Waals surface area contributed by atoms with Crippen LogP contribution >= 0.6 is 0 Å². The zero-order valence-corrected chi connectivity index (χ0v) is 15.7. The summed E-state index contributed by atoms with van der Waals surface area (Å²) in [6.07, 6.45) is 4.72. The number of hydrogen-bond donors (Lipinski definition) is 2. The van der Waals surface area contributed by atoms with Gasteiger partial charge in [0, 0.05) is 11.9 Å². The molecule has 6 heteroatoms. The molecule has 0 unspecified atom stereocenters. The van der Waals surface area contributed by atoms with Crippen LogP contribution in [-0.2, 0) is 12.0 Å². The second kappa shape index (κ2) is 7.95. The minimum atomic E-state index is -0.283. The molecule has 6 nitrogen and oxygen atoms in total. The number of rotatable bonds is 5. The van der Waals surface area contributed by atoms with E-state index in [9.17, 15) is 4.79 Å². The van der Waals surface area contributed by atoms with Gasteiger partial charge < -0.3 is 10.6 Å². The van der Waals surface area contributed by atoms with Gasteiger partial charge in [0.1, 0.15) is 11.5 Å². The number of anilines is 2. The molecule has 0 radical (unpaired) electrons. The van der Waals surface area contributed by atoms with E-state index in [2.05, 4.69) is 52.4 Å². The molecule has 0 fully saturated rings. The molecular weight excluding hydrogens is 338 g/mol. The quantitative estimate of drug-likeness (QED) is 0.722. The first-order chi connectivity index (χ1) is 12.9. The maximum atomic E-state index is 12.2. The lowest BCUT2D eigenvalue weighted by Gasteiger charge is -2.23. The molecule has 1 aromatic carbocycles. The molecule has 0 aliphatic rings. The van der Waals surface area contributed by atoms with Gasteiger partial charge in [0.05, 0.1) is 24.6 Å². The summed E-state index contributed by atoms with van der Waals surface area (Å²) >= 11 is 0. The van der Waals surface area contributed by atoms with Crippen molar-refractivity contribution >= 4 is 17.4 Å². The van der Waals surface area contributed by atoms with Gasteiger partial charge in [0.2, 0.25) is 0 Å². The van der Waals surface area contributed by atoms with E-state index in [0.717, 1.165) is 11.4 Å². The predicted octanol–water partition coefficient (Wildman–Crippen LogP) is 3.84. The normalized spacial score (nSPS) is 11.1. The Hall–Kier alpha value is -3.28. The van der Waals surface area contributed by atoms with Crippen LogP contribution in [0.3, 0.4) is 0 Å². The van der Waals surface area contributed by atoms with Gasteiger partial charge >= 0.3 is 0 Å². The molecule has 3 rings (SSSR count). The minimum absolute atomic E-state index is 0.00230. The van der Waals surface area contributed by atoms with Gasteiger partial charge in [0.25, 0.3) is 5.91 Å². The third-order valence-electron chi connectivity index (χ3n) is 4.04. The van der Waals surface area contributed by atoms with E-state index in [1.807, 2.05) is 36.4 Å². The number of benzene rings is 1. The smallest absolute Gasteiger partial charge is 0.271 e. The Bertz CT molecular complexity index is 902. The summed E-state index contributed by atoms with van der Waals surface area (Å²) in [6, 6.07) is 13.7. The summed E-state index contributed by atoms with van der Waals surface area (Å²) in [4.78, 5) is 24.9. The first-order valence-electron chi connectivity index (χ1n) is 8.80. The Morgan fingerprint density at radius 2 is 1.74 bits per heavy atom. The van der Waals surface area contributed by atoms with Gasteiger partial charge in [-0.1, -0.05) is 45.0 Å². The lowest BCUT2D eigenvalue weighted by atomic mass is 9.86. The maximum absolute atomic E-state index is 12.2. The van der Waals surface area contributed by atoms with Crippen molar-refractivity contribution in [2.75, 3.05) is 5.32 Å². The summed E-state index contributed by atoms with van der Waals surface area (Å²) in [5.41, 5.74) is 3.22. The van der Waals surface area contributed by atoms with Crippen LogP contribution in [0.5, 0.6) is 0 Å². The Morgan fingerprint density at radius 3 is 2.41 bits per heavy atom. The number of pyridine rings is 1. The van der Waals surface area contributed by atoms with Crippen LogP contribution in [0.4, 0.5) is 11.5 Å². The van der Waals surface area contributed by atoms with Gasteiger partial charge in [-0.2, -0.15) is 0 Å². The number of amides is 1. The van der Waals surface area contributed by atoms with Gasteiger partial charge in [-0.25, -0.2) is 9.97 Å². The molecule has 0 aliphatic heterocycles. The molecule has 3 aromatic rings. The van der Waals surface area contributed by atoms with Gasteiger partial charge in [0.15, 0.2) is 0 Å². The number of hydrogen-bond acceptors (Lipinski definition) is 5. The highest BCUT2D eigenvalue weighted by Gasteiger charge is 2.17. The molecule has 2 heterocycles. The second-order valence-corrected chi connectivity index (χ2v) is 7.21. The molecule has 0 aliphatic carbocycles. The standard InChI is InChI=1S/C21H23N5O/c1-21(2,3)16-9-4-5-10-17(16)26-19-14-23-18(13-24-19)20(27)25-12-15-8-6-7-11-22-15/h4-11,13-14H,12H2,1-3H3,(H,24,26)(H,25,27). The van der Waals surface area contributed by atoms with Crippen LogP contribution in [0.25, 0.3) is 0 Å². The molecule has 1 amide bonds. The first kappa shape index (κ1) is 18.5. The molecule has 0 saturated carbocycles. The van der Waals surface area contributed by atoms with Crippen molar-refractivity contribution < 1.29 is 4.79 Å². The molecule has 0 spiro atoms. The Balaban J connectivity index is 1.66. The molecule has 2 aromatic heterocycles. The summed E-state index contributed by atoms with van der Waals surface area (Å²) in [6.45, 7) is 6.83. The number of aromatic nitrogens is 3. The highest BCUT2D eigenvalue weighted by molar-refractivity contribution is 5.92. The van der Waals surface area contributed by atoms with Crippen molar-refractivity contribution in [2.45, 2.75) is 32.7 Å².